The molecule has 0 spiro atoms. The molecule has 1 aromatic carbocycles. The summed E-state index contributed by atoms with van der Waals surface area (Å²) in [7, 11) is 0. The summed E-state index contributed by atoms with van der Waals surface area (Å²) in [5, 5.41) is 7.74. The predicted octanol–water partition coefficient (Wildman–Crippen LogP) is 3.72. The zero-order valence-electron chi connectivity index (χ0n) is 11.7. The van der Waals surface area contributed by atoms with Crippen molar-refractivity contribution in [1.82, 2.24) is 4.98 Å². The van der Waals surface area contributed by atoms with Crippen LogP contribution in [0.15, 0.2) is 28.7 Å². The molecule has 108 valence electrons. The van der Waals surface area contributed by atoms with Crippen LogP contribution in [0.1, 0.15) is 28.8 Å². The monoisotopic (exact) mass is 345 g/mol. The Morgan fingerprint density at radius 3 is 2.86 bits per heavy atom. The van der Waals surface area contributed by atoms with Gasteiger partial charge in [0, 0.05) is 10.2 Å². The van der Waals surface area contributed by atoms with E-state index in [1.54, 1.807) is 0 Å². The lowest BCUT2D eigenvalue weighted by Crippen LogP contribution is -2.14. The Morgan fingerprint density at radius 1 is 1.33 bits per heavy atom. The molecule has 3 rings (SSSR count). The van der Waals surface area contributed by atoms with Crippen LogP contribution in [0.2, 0.25) is 0 Å². The van der Waals surface area contributed by atoms with Gasteiger partial charge in [0.05, 0.1) is 5.56 Å². The lowest BCUT2D eigenvalue weighted by Gasteiger charge is -2.13. The van der Waals surface area contributed by atoms with Crippen LogP contribution < -0.4 is 10.5 Å². The summed E-state index contributed by atoms with van der Waals surface area (Å²) in [6, 6.07) is 7.73. The average molecular weight is 346 g/mol. The Balaban J connectivity index is 2.03. The molecule has 1 aromatic heterocycles. The van der Waals surface area contributed by atoms with Crippen molar-refractivity contribution in [2.45, 2.75) is 26.2 Å². The highest BCUT2D eigenvalue weighted by atomic mass is 79.9. The third-order valence-electron chi connectivity index (χ3n) is 3.65. The maximum atomic E-state index is 7.74. The van der Waals surface area contributed by atoms with E-state index in [1.807, 2.05) is 31.2 Å². The van der Waals surface area contributed by atoms with Gasteiger partial charge in [-0.1, -0.05) is 15.9 Å². The number of benzene rings is 1. The maximum Gasteiger partial charge on any atom is 0.230 e. The van der Waals surface area contributed by atoms with Crippen LogP contribution in [-0.2, 0) is 12.8 Å². The number of rotatable bonds is 3. The minimum absolute atomic E-state index is 0.0121. The van der Waals surface area contributed by atoms with Gasteiger partial charge in [-0.05, 0) is 61.6 Å². The zero-order valence-corrected chi connectivity index (χ0v) is 13.3. The molecule has 0 radical (unpaired) electrons. The molecule has 1 aliphatic rings. The van der Waals surface area contributed by atoms with Gasteiger partial charge in [0.2, 0.25) is 5.88 Å². The van der Waals surface area contributed by atoms with Gasteiger partial charge in [0.1, 0.15) is 11.6 Å². The normalized spacial score (nSPS) is 13.0. The number of halogens is 1. The Morgan fingerprint density at radius 2 is 2.14 bits per heavy atom. The van der Waals surface area contributed by atoms with E-state index < -0.39 is 0 Å². The number of nitrogens with two attached hydrogens (primary N) is 1. The maximum absolute atomic E-state index is 7.74. The molecule has 0 saturated carbocycles. The zero-order chi connectivity index (χ0) is 15.0. The molecule has 0 fully saturated rings. The molecule has 0 bridgehead atoms. The Hall–Kier alpha value is -1.88. The predicted molar refractivity (Wildman–Crippen MR) is 86.2 cm³/mol. The molecule has 21 heavy (non-hydrogen) atoms. The van der Waals surface area contributed by atoms with Crippen LogP contribution in [0.4, 0.5) is 0 Å². The molecule has 0 unspecified atom stereocenters. The number of nitrogens with zero attached hydrogens (tertiary/aromatic N) is 1. The van der Waals surface area contributed by atoms with Gasteiger partial charge in [-0.3, -0.25) is 5.41 Å². The van der Waals surface area contributed by atoms with E-state index in [9.17, 15) is 0 Å². The Bertz CT molecular complexity index is 728. The number of aromatic nitrogens is 1. The van der Waals surface area contributed by atoms with Crippen molar-refractivity contribution in [2.24, 2.45) is 5.73 Å². The quantitative estimate of drug-likeness (QED) is 0.657. The summed E-state index contributed by atoms with van der Waals surface area (Å²) < 4.78 is 6.93. The van der Waals surface area contributed by atoms with Crippen LogP contribution in [0.3, 0.4) is 0 Å². The van der Waals surface area contributed by atoms with Crippen LogP contribution in [0.25, 0.3) is 0 Å². The molecule has 1 aliphatic carbocycles. The number of nitrogen functional groups attached to an aromatic ring is 1. The van der Waals surface area contributed by atoms with Crippen LogP contribution >= 0.6 is 15.9 Å². The highest BCUT2D eigenvalue weighted by Gasteiger charge is 2.19. The number of ether oxygens (including phenoxy) is 1. The SMILES string of the molecule is Cc1cc(Br)ccc1Oc1nc2c(cc1C(=N)N)CCC2. The molecule has 2 aromatic rings. The second kappa shape index (κ2) is 5.48. The summed E-state index contributed by atoms with van der Waals surface area (Å²) >= 11 is 3.43. The Labute approximate surface area is 132 Å². The van der Waals surface area contributed by atoms with E-state index in [4.69, 9.17) is 15.9 Å². The first-order chi connectivity index (χ1) is 10.0. The molecule has 0 aliphatic heterocycles. The van der Waals surface area contributed by atoms with Crippen molar-refractivity contribution in [2.75, 3.05) is 0 Å². The summed E-state index contributed by atoms with van der Waals surface area (Å²) in [6.45, 7) is 1.97. The van der Waals surface area contributed by atoms with Gasteiger partial charge >= 0.3 is 0 Å². The van der Waals surface area contributed by atoms with E-state index in [0.717, 1.165) is 40.7 Å². The molecule has 0 saturated heterocycles. The van der Waals surface area contributed by atoms with Gasteiger partial charge < -0.3 is 10.5 Å². The number of aryl methyl sites for hydroxylation is 3. The van der Waals surface area contributed by atoms with Crippen molar-refractivity contribution >= 4 is 21.8 Å². The fourth-order valence-corrected chi connectivity index (χ4v) is 3.03. The minimum atomic E-state index is -0.0121. The minimum Gasteiger partial charge on any atom is -0.438 e. The van der Waals surface area contributed by atoms with Crippen molar-refractivity contribution < 1.29 is 4.74 Å². The number of hydrogen-bond donors (Lipinski definition) is 2. The number of amidine groups is 1. The number of nitrogens with one attached hydrogen (secondary N) is 1. The molecule has 0 amide bonds. The smallest absolute Gasteiger partial charge is 0.230 e. The second-order valence-electron chi connectivity index (χ2n) is 5.23. The van der Waals surface area contributed by atoms with Crippen molar-refractivity contribution in [1.29, 1.82) is 5.41 Å². The number of fused-ring (bicyclic) bond motifs is 1. The molecule has 0 atom stereocenters. The topological polar surface area (TPSA) is 72.0 Å². The number of hydrogen-bond acceptors (Lipinski definition) is 3. The standard InChI is InChI=1S/C16H16BrN3O/c1-9-7-11(17)5-6-14(9)21-16-12(15(18)19)8-10-3-2-4-13(10)20-16/h5-8H,2-4H2,1H3,(H3,18,19). The first kappa shape index (κ1) is 14.1. The third kappa shape index (κ3) is 2.78. The fraction of sp³-hybridized carbons (Fsp3) is 0.250. The van der Waals surface area contributed by atoms with Gasteiger partial charge in [0.15, 0.2) is 0 Å². The van der Waals surface area contributed by atoms with Crippen molar-refractivity contribution in [3.63, 3.8) is 0 Å². The fourth-order valence-electron chi connectivity index (χ4n) is 2.56. The highest BCUT2D eigenvalue weighted by Crippen LogP contribution is 2.31. The molecule has 3 N–H and O–H groups in total. The van der Waals surface area contributed by atoms with Crippen LogP contribution in [0, 0.1) is 12.3 Å². The van der Waals surface area contributed by atoms with E-state index >= 15 is 0 Å². The van der Waals surface area contributed by atoms with Gasteiger partial charge in [-0.25, -0.2) is 4.98 Å². The first-order valence-corrected chi connectivity index (χ1v) is 7.65. The summed E-state index contributed by atoms with van der Waals surface area (Å²) in [5.41, 5.74) is 9.49. The molecule has 4 nitrogen and oxygen atoms in total. The average Bonchev–Trinajstić information content (AvgIpc) is 2.88. The lowest BCUT2D eigenvalue weighted by atomic mass is 10.1. The van der Waals surface area contributed by atoms with Crippen LogP contribution in [-0.4, -0.2) is 10.8 Å². The molecule has 5 heteroatoms. The molecule has 1 heterocycles. The molecular formula is C16H16BrN3O. The first-order valence-electron chi connectivity index (χ1n) is 6.86. The van der Waals surface area contributed by atoms with Crippen LogP contribution in [0.5, 0.6) is 11.6 Å². The van der Waals surface area contributed by atoms with E-state index in [2.05, 4.69) is 20.9 Å². The van der Waals surface area contributed by atoms with Crippen molar-refractivity contribution in [3.8, 4) is 11.6 Å². The Kier molecular flexibility index (Phi) is 3.68. The van der Waals surface area contributed by atoms with E-state index in [0.29, 0.717) is 11.4 Å². The van der Waals surface area contributed by atoms with Crippen molar-refractivity contribution in [3.05, 3.63) is 51.1 Å². The summed E-state index contributed by atoms with van der Waals surface area (Å²) in [6.07, 6.45) is 3.06. The highest BCUT2D eigenvalue weighted by molar-refractivity contribution is 9.10. The van der Waals surface area contributed by atoms with Gasteiger partial charge in [0.25, 0.3) is 0 Å². The second-order valence-corrected chi connectivity index (χ2v) is 6.14. The van der Waals surface area contributed by atoms with E-state index in [1.165, 1.54) is 5.56 Å². The molecular weight excluding hydrogens is 330 g/mol. The number of pyridine rings is 1. The van der Waals surface area contributed by atoms with Gasteiger partial charge in [-0.15, -0.1) is 0 Å². The summed E-state index contributed by atoms with van der Waals surface area (Å²) in [4.78, 5) is 4.58. The largest absolute Gasteiger partial charge is 0.438 e. The van der Waals surface area contributed by atoms with E-state index in [-0.39, 0.29) is 5.84 Å². The lowest BCUT2D eigenvalue weighted by molar-refractivity contribution is 0.456. The van der Waals surface area contributed by atoms with Gasteiger partial charge in [-0.2, -0.15) is 0 Å². The summed E-state index contributed by atoms with van der Waals surface area (Å²) in [5.74, 6) is 1.14. The third-order valence-corrected chi connectivity index (χ3v) is 4.14.